The number of rotatable bonds is 3. The van der Waals surface area contributed by atoms with Gasteiger partial charge in [0.15, 0.2) is 0 Å². The zero-order valence-corrected chi connectivity index (χ0v) is 13.7. The minimum atomic E-state index is -0.617. The van der Waals surface area contributed by atoms with Crippen molar-refractivity contribution in [2.45, 2.75) is 18.9 Å². The molecule has 1 aliphatic rings. The Bertz CT molecular complexity index is 922. The van der Waals surface area contributed by atoms with Crippen LogP contribution in [0, 0.1) is 0 Å². The summed E-state index contributed by atoms with van der Waals surface area (Å²) in [6.07, 6.45) is 4.01. The Morgan fingerprint density at radius 2 is 2.08 bits per heavy atom. The van der Waals surface area contributed by atoms with E-state index in [0.717, 1.165) is 0 Å². The number of aromatic nitrogens is 4. The van der Waals surface area contributed by atoms with Crippen molar-refractivity contribution in [3.05, 3.63) is 47.7 Å². The second-order valence-corrected chi connectivity index (χ2v) is 6.02. The molecule has 4 rings (SSSR count). The Kier molecular flexibility index (Phi) is 3.81. The summed E-state index contributed by atoms with van der Waals surface area (Å²) < 4.78 is 1.46. The monoisotopic (exact) mass is 356 g/mol. The molecule has 2 aromatic heterocycles. The van der Waals surface area contributed by atoms with E-state index >= 15 is 0 Å². The molecule has 3 aromatic rings. The third kappa shape index (κ3) is 2.91. The molecule has 0 spiro atoms. The summed E-state index contributed by atoms with van der Waals surface area (Å²) in [5.41, 5.74) is 0.636. The number of anilines is 2. The van der Waals surface area contributed by atoms with Crippen LogP contribution in [0.25, 0.3) is 5.78 Å². The number of carbonyl (C=O) groups excluding carboxylic acids is 2. The highest BCUT2D eigenvalue weighted by atomic mass is 35.5. The van der Waals surface area contributed by atoms with Gasteiger partial charge in [-0.25, -0.2) is 9.50 Å². The molecule has 1 aromatic carbocycles. The average Bonchev–Trinajstić information content (AvgIpc) is 3.18. The fourth-order valence-corrected chi connectivity index (χ4v) is 2.96. The Balaban J connectivity index is 1.57. The third-order valence-electron chi connectivity index (χ3n) is 3.97. The quantitative estimate of drug-likeness (QED) is 0.773. The van der Waals surface area contributed by atoms with Gasteiger partial charge in [0.25, 0.3) is 11.7 Å². The van der Waals surface area contributed by atoms with Crippen molar-refractivity contribution >= 4 is 40.8 Å². The van der Waals surface area contributed by atoms with E-state index in [1.54, 1.807) is 42.7 Å². The topological polar surface area (TPSA) is 92.5 Å². The lowest BCUT2D eigenvalue weighted by Gasteiger charge is -2.23. The van der Waals surface area contributed by atoms with Crippen LogP contribution in [0.5, 0.6) is 0 Å². The van der Waals surface area contributed by atoms with E-state index in [-0.39, 0.29) is 17.8 Å². The van der Waals surface area contributed by atoms with Crippen molar-refractivity contribution in [1.82, 2.24) is 19.6 Å². The van der Waals surface area contributed by atoms with Crippen molar-refractivity contribution < 1.29 is 9.59 Å². The molecule has 1 fully saturated rings. The molecule has 2 amide bonds. The highest BCUT2D eigenvalue weighted by molar-refractivity contribution is 6.30. The van der Waals surface area contributed by atoms with Gasteiger partial charge in [-0.05, 0) is 36.8 Å². The van der Waals surface area contributed by atoms with E-state index < -0.39 is 6.04 Å². The van der Waals surface area contributed by atoms with Gasteiger partial charge in [-0.1, -0.05) is 11.6 Å². The van der Waals surface area contributed by atoms with E-state index in [0.29, 0.717) is 29.3 Å². The molecule has 0 aliphatic carbocycles. The van der Waals surface area contributed by atoms with Crippen LogP contribution < -0.4 is 10.2 Å². The van der Waals surface area contributed by atoms with Gasteiger partial charge < -0.3 is 0 Å². The molecule has 1 saturated heterocycles. The maximum atomic E-state index is 12.6. The average molecular weight is 357 g/mol. The smallest absolute Gasteiger partial charge is 0.253 e. The van der Waals surface area contributed by atoms with Crippen molar-refractivity contribution in [1.29, 1.82) is 0 Å². The number of hydrogen-bond acceptors (Lipinski definition) is 5. The van der Waals surface area contributed by atoms with Crippen molar-refractivity contribution in [2.75, 3.05) is 10.2 Å². The van der Waals surface area contributed by atoms with Crippen molar-refractivity contribution in [2.24, 2.45) is 0 Å². The summed E-state index contributed by atoms with van der Waals surface area (Å²) in [5, 5.41) is 7.37. The molecule has 1 N–H and O–H groups in total. The van der Waals surface area contributed by atoms with Crippen LogP contribution in [-0.4, -0.2) is 37.4 Å². The summed E-state index contributed by atoms with van der Waals surface area (Å²) in [4.78, 5) is 34.6. The molecule has 0 saturated carbocycles. The van der Waals surface area contributed by atoms with Crippen LogP contribution in [0.1, 0.15) is 12.8 Å². The minimum Gasteiger partial charge on any atom is -0.300 e. The van der Waals surface area contributed by atoms with Gasteiger partial charge in [-0.15, -0.1) is 5.10 Å². The second-order valence-electron chi connectivity index (χ2n) is 5.58. The molecule has 0 bridgehead atoms. The van der Waals surface area contributed by atoms with E-state index in [2.05, 4.69) is 20.4 Å². The molecule has 0 radical (unpaired) electrons. The predicted molar refractivity (Wildman–Crippen MR) is 91.4 cm³/mol. The highest BCUT2D eigenvalue weighted by Crippen LogP contribution is 2.28. The van der Waals surface area contributed by atoms with Gasteiger partial charge in [-0.2, -0.15) is 4.98 Å². The summed E-state index contributed by atoms with van der Waals surface area (Å²) in [5.74, 6) is 0.0952. The van der Waals surface area contributed by atoms with E-state index in [1.807, 2.05) is 0 Å². The first-order chi connectivity index (χ1) is 12.1. The van der Waals surface area contributed by atoms with E-state index in [9.17, 15) is 9.59 Å². The van der Waals surface area contributed by atoms with E-state index in [1.165, 1.54) is 9.42 Å². The van der Waals surface area contributed by atoms with Crippen molar-refractivity contribution in [3.63, 3.8) is 0 Å². The molecular formula is C16H13ClN6O2. The summed E-state index contributed by atoms with van der Waals surface area (Å²) in [6.45, 7) is 0. The van der Waals surface area contributed by atoms with Crippen LogP contribution in [-0.2, 0) is 9.59 Å². The van der Waals surface area contributed by atoms with Crippen molar-refractivity contribution in [3.8, 4) is 0 Å². The van der Waals surface area contributed by atoms with Crippen LogP contribution >= 0.6 is 11.6 Å². The third-order valence-corrected chi connectivity index (χ3v) is 4.22. The van der Waals surface area contributed by atoms with E-state index in [4.69, 9.17) is 11.6 Å². The lowest BCUT2D eigenvalue weighted by molar-refractivity contribution is -0.120. The number of fused-ring (bicyclic) bond motifs is 1. The van der Waals surface area contributed by atoms with Gasteiger partial charge in [-0.3, -0.25) is 19.8 Å². The largest absolute Gasteiger partial charge is 0.300 e. The molecule has 0 unspecified atom stereocenters. The number of nitrogens with zero attached hydrogens (tertiary/aromatic N) is 5. The molecule has 1 aliphatic heterocycles. The first kappa shape index (κ1) is 15.5. The Morgan fingerprint density at radius 1 is 1.28 bits per heavy atom. The molecule has 3 heterocycles. The summed E-state index contributed by atoms with van der Waals surface area (Å²) >= 11 is 5.89. The first-order valence-corrected chi connectivity index (χ1v) is 8.05. The van der Waals surface area contributed by atoms with Gasteiger partial charge in [0.05, 0.1) is 0 Å². The minimum absolute atomic E-state index is 0.105. The van der Waals surface area contributed by atoms with Gasteiger partial charge in [0, 0.05) is 29.5 Å². The number of halogens is 1. The van der Waals surface area contributed by atoms with Gasteiger partial charge in [0.2, 0.25) is 11.8 Å². The molecule has 8 nitrogen and oxygen atoms in total. The highest BCUT2D eigenvalue weighted by Gasteiger charge is 2.37. The normalized spacial score (nSPS) is 17.2. The Morgan fingerprint density at radius 3 is 2.84 bits per heavy atom. The number of hydrogen-bond donors (Lipinski definition) is 1. The van der Waals surface area contributed by atoms with Gasteiger partial charge in [0.1, 0.15) is 6.04 Å². The number of amides is 2. The van der Waals surface area contributed by atoms with Crippen LogP contribution in [0.4, 0.5) is 11.6 Å². The second kappa shape index (κ2) is 6.14. The lowest BCUT2D eigenvalue weighted by Crippen LogP contribution is -2.41. The zero-order valence-electron chi connectivity index (χ0n) is 13.0. The Labute approximate surface area is 147 Å². The number of benzene rings is 1. The van der Waals surface area contributed by atoms with Gasteiger partial charge >= 0.3 is 0 Å². The molecule has 1 atom stereocenters. The van der Waals surface area contributed by atoms with Crippen LogP contribution in [0.3, 0.4) is 0 Å². The maximum Gasteiger partial charge on any atom is 0.253 e. The zero-order chi connectivity index (χ0) is 17.4. The lowest BCUT2D eigenvalue weighted by atomic mass is 10.2. The molecule has 9 heteroatoms. The fourth-order valence-electron chi connectivity index (χ4n) is 2.84. The van der Waals surface area contributed by atoms with Crippen LogP contribution in [0.2, 0.25) is 5.02 Å². The summed E-state index contributed by atoms with van der Waals surface area (Å²) in [7, 11) is 0. The standard InChI is InChI=1S/C16H13ClN6O2/c17-10-2-4-11(5-3-10)23-12(6-7-13(23)24)14(25)19-15-20-16-18-8-1-9-22(16)21-15/h1-5,8-9,12H,6-7H2,(H,19,21,25)/t12-/m0/s1. The first-order valence-electron chi connectivity index (χ1n) is 7.68. The molecular weight excluding hydrogens is 344 g/mol. The molecule has 25 heavy (non-hydrogen) atoms. The molecule has 126 valence electrons. The number of carbonyl (C=O) groups is 2. The summed E-state index contributed by atoms with van der Waals surface area (Å²) in [6, 6.07) is 7.91. The predicted octanol–water partition coefficient (Wildman–Crippen LogP) is 1.91. The number of nitrogens with one attached hydrogen (secondary N) is 1. The Hall–Kier alpha value is -3.00. The maximum absolute atomic E-state index is 12.6. The fraction of sp³-hybridized carbons (Fsp3) is 0.188. The van der Waals surface area contributed by atoms with Crippen LogP contribution in [0.15, 0.2) is 42.7 Å². The SMILES string of the molecule is O=C(Nc1nc2ncccn2n1)[C@@H]1CCC(=O)N1c1ccc(Cl)cc1.